The fraction of sp³-hybridized carbons (Fsp3) is 0.455. The molecule has 5 atom stereocenters. The summed E-state index contributed by atoms with van der Waals surface area (Å²) in [5.41, 5.74) is -0.0574. The van der Waals surface area contributed by atoms with E-state index in [0.29, 0.717) is 0 Å². The zero-order valence-electron chi connectivity index (χ0n) is 19.0. The van der Waals surface area contributed by atoms with Crippen molar-refractivity contribution < 1.29 is 41.8 Å². The van der Waals surface area contributed by atoms with Crippen LogP contribution in [-0.2, 0) is 21.6 Å². The SMILES string of the molecule is [2H]C([2H])(c1ccc(OCC)c(F)c1)c1cc([C@]2(OC)O[C@H](CO)[C@@H](O)[C@H](O)[C@H]2O)ccc1Cl. The van der Waals surface area contributed by atoms with Gasteiger partial charge in [-0.2, -0.15) is 0 Å². The van der Waals surface area contributed by atoms with Crippen LogP contribution in [0.1, 0.15) is 26.4 Å². The lowest BCUT2D eigenvalue weighted by atomic mass is 9.87. The van der Waals surface area contributed by atoms with E-state index >= 15 is 0 Å². The second kappa shape index (κ2) is 9.79. The lowest BCUT2D eigenvalue weighted by molar-refractivity contribution is -0.366. The van der Waals surface area contributed by atoms with Crippen molar-refractivity contribution in [1.29, 1.82) is 0 Å². The minimum atomic E-state index is -2.29. The molecule has 1 fully saturated rings. The van der Waals surface area contributed by atoms with Gasteiger partial charge < -0.3 is 34.6 Å². The molecule has 9 heteroatoms. The van der Waals surface area contributed by atoms with Gasteiger partial charge in [-0.05, 0) is 48.7 Å². The van der Waals surface area contributed by atoms with Gasteiger partial charge in [-0.3, -0.25) is 0 Å². The van der Waals surface area contributed by atoms with Crippen molar-refractivity contribution in [3.63, 3.8) is 0 Å². The summed E-state index contributed by atoms with van der Waals surface area (Å²) in [5.74, 6) is -2.81. The predicted molar refractivity (Wildman–Crippen MR) is 110 cm³/mol. The molecule has 1 aliphatic rings. The monoisotopic (exact) mass is 458 g/mol. The standard InChI is InChI=1S/C22H26ClFO7/c1-3-30-17-7-4-12(9-16(17)24)8-13-10-14(5-6-15(13)23)22(29-2)21(28)20(27)19(26)18(11-25)31-22/h4-7,9-10,18-21,25-28H,3,8,11H2,1-2H3/t18-,19-,20+,21-,22+/m1/s1/i8D2. The van der Waals surface area contributed by atoms with E-state index in [1.54, 1.807) is 6.92 Å². The molecule has 1 saturated heterocycles. The van der Waals surface area contributed by atoms with Crippen molar-refractivity contribution in [2.24, 2.45) is 0 Å². The average molecular weight is 459 g/mol. The summed E-state index contributed by atoms with van der Waals surface area (Å²) in [5, 5.41) is 40.6. The van der Waals surface area contributed by atoms with Crippen LogP contribution >= 0.6 is 11.6 Å². The summed E-state index contributed by atoms with van der Waals surface area (Å²) in [6.07, 6.45) is -8.69. The minimum absolute atomic E-state index is 0.00823. The fourth-order valence-electron chi connectivity index (χ4n) is 3.51. The van der Waals surface area contributed by atoms with Crippen LogP contribution in [0.15, 0.2) is 36.4 Å². The summed E-state index contributed by atoms with van der Waals surface area (Å²) in [6.45, 7) is 1.26. The van der Waals surface area contributed by atoms with Crippen LogP contribution in [-0.4, -0.2) is 65.2 Å². The number of benzene rings is 2. The number of methoxy groups -OCH3 is 1. The maximum absolute atomic E-state index is 14.4. The molecule has 0 bridgehead atoms. The number of halogens is 2. The van der Waals surface area contributed by atoms with Crippen LogP contribution in [0, 0.1) is 5.82 Å². The number of aliphatic hydroxyl groups is 4. The Balaban J connectivity index is 2.10. The highest BCUT2D eigenvalue weighted by atomic mass is 35.5. The summed E-state index contributed by atoms with van der Waals surface area (Å²) >= 11 is 6.29. The van der Waals surface area contributed by atoms with E-state index in [2.05, 4.69) is 0 Å². The summed E-state index contributed by atoms with van der Waals surface area (Å²) in [4.78, 5) is 0. The molecule has 0 saturated carbocycles. The second-order valence-corrected chi connectivity index (χ2v) is 7.44. The van der Waals surface area contributed by atoms with E-state index in [1.807, 2.05) is 0 Å². The predicted octanol–water partition coefficient (Wildman–Crippen LogP) is 1.74. The average Bonchev–Trinajstić information content (AvgIpc) is 2.80. The lowest BCUT2D eigenvalue weighted by Crippen LogP contribution is -2.64. The third-order valence-corrected chi connectivity index (χ3v) is 5.46. The van der Waals surface area contributed by atoms with Crippen molar-refractivity contribution >= 4 is 11.6 Å². The summed E-state index contributed by atoms with van der Waals surface area (Å²) in [6, 6.07) is 7.70. The Morgan fingerprint density at radius 1 is 1.19 bits per heavy atom. The largest absolute Gasteiger partial charge is 0.491 e. The van der Waals surface area contributed by atoms with Gasteiger partial charge in [-0.15, -0.1) is 0 Å². The molecule has 7 nitrogen and oxygen atoms in total. The van der Waals surface area contributed by atoms with Crippen molar-refractivity contribution in [2.75, 3.05) is 20.3 Å². The normalized spacial score (nSPS) is 29.9. The number of aliphatic hydroxyl groups excluding tert-OH is 4. The first kappa shape index (κ1) is 21.1. The van der Waals surface area contributed by atoms with E-state index in [-0.39, 0.29) is 34.1 Å². The topological polar surface area (TPSA) is 109 Å². The molecule has 31 heavy (non-hydrogen) atoms. The molecular weight excluding hydrogens is 431 g/mol. The Labute approximate surface area is 187 Å². The zero-order valence-corrected chi connectivity index (χ0v) is 17.7. The molecule has 0 spiro atoms. The molecule has 2 aromatic carbocycles. The first-order valence-electron chi connectivity index (χ1n) is 10.6. The number of hydrogen-bond acceptors (Lipinski definition) is 7. The van der Waals surface area contributed by atoms with Crippen molar-refractivity contribution in [2.45, 2.75) is 43.5 Å². The van der Waals surface area contributed by atoms with Gasteiger partial charge in [0.25, 0.3) is 0 Å². The van der Waals surface area contributed by atoms with Gasteiger partial charge in [0.15, 0.2) is 11.6 Å². The third-order valence-electron chi connectivity index (χ3n) is 5.13. The van der Waals surface area contributed by atoms with E-state index in [1.165, 1.54) is 37.4 Å². The molecule has 3 rings (SSSR count). The Kier molecular flexibility index (Phi) is 6.66. The Morgan fingerprint density at radius 2 is 1.94 bits per heavy atom. The van der Waals surface area contributed by atoms with Gasteiger partial charge >= 0.3 is 0 Å². The molecule has 1 aliphatic heterocycles. The quantitative estimate of drug-likeness (QED) is 0.500. The Morgan fingerprint density at radius 3 is 2.55 bits per heavy atom. The van der Waals surface area contributed by atoms with Crippen LogP contribution < -0.4 is 4.74 Å². The first-order chi connectivity index (χ1) is 15.5. The van der Waals surface area contributed by atoms with Crippen LogP contribution in [0.5, 0.6) is 5.75 Å². The molecule has 0 radical (unpaired) electrons. The first-order valence-corrected chi connectivity index (χ1v) is 10.0. The maximum Gasteiger partial charge on any atom is 0.224 e. The van der Waals surface area contributed by atoms with Gasteiger partial charge in [0, 0.05) is 20.4 Å². The van der Waals surface area contributed by atoms with Crippen molar-refractivity contribution in [1.82, 2.24) is 0 Å². The lowest BCUT2D eigenvalue weighted by Gasteiger charge is -2.47. The number of hydrogen-bond donors (Lipinski definition) is 4. The second-order valence-electron chi connectivity index (χ2n) is 7.03. The summed E-state index contributed by atoms with van der Waals surface area (Å²) < 4.78 is 47.9. The Bertz CT molecular complexity index is 993. The van der Waals surface area contributed by atoms with Gasteiger partial charge in [-0.25, -0.2) is 4.39 Å². The molecule has 0 unspecified atom stereocenters. The van der Waals surface area contributed by atoms with Crippen LogP contribution in [0.4, 0.5) is 4.39 Å². The van der Waals surface area contributed by atoms with E-state index in [0.717, 1.165) is 6.07 Å². The smallest absolute Gasteiger partial charge is 0.224 e. The highest BCUT2D eigenvalue weighted by molar-refractivity contribution is 6.31. The van der Waals surface area contributed by atoms with E-state index < -0.39 is 49.0 Å². The molecular formula is C22H26ClFO7. The zero-order chi connectivity index (χ0) is 24.6. The number of rotatable bonds is 7. The molecule has 170 valence electrons. The van der Waals surface area contributed by atoms with Crippen molar-refractivity contribution in [3.05, 3.63) is 63.9 Å². The fourth-order valence-corrected chi connectivity index (χ4v) is 3.68. The summed E-state index contributed by atoms with van der Waals surface area (Å²) in [7, 11) is 1.19. The Hall–Kier alpha value is -1.78. The van der Waals surface area contributed by atoms with Crippen LogP contribution in [0.3, 0.4) is 0 Å². The van der Waals surface area contributed by atoms with Gasteiger partial charge in [0.1, 0.15) is 24.4 Å². The number of ether oxygens (including phenoxy) is 3. The molecule has 0 aliphatic carbocycles. The highest BCUT2D eigenvalue weighted by Gasteiger charge is 2.55. The van der Waals surface area contributed by atoms with E-state index in [9.17, 15) is 24.8 Å². The molecule has 2 aromatic rings. The maximum atomic E-state index is 14.4. The molecule has 0 aromatic heterocycles. The molecule has 1 heterocycles. The van der Waals surface area contributed by atoms with Crippen LogP contribution in [0.25, 0.3) is 0 Å². The van der Waals surface area contributed by atoms with Crippen LogP contribution in [0.2, 0.25) is 5.02 Å². The van der Waals surface area contributed by atoms with Gasteiger partial charge in [-0.1, -0.05) is 23.7 Å². The minimum Gasteiger partial charge on any atom is -0.491 e. The molecule has 0 amide bonds. The van der Waals surface area contributed by atoms with Gasteiger partial charge in [0.05, 0.1) is 13.2 Å². The van der Waals surface area contributed by atoms with Crippen molar-refractivity contribution in [3.8, 4) is 5.75 Å². The van der Waals surface area contributed by atoms with E-state index in [4.69, 9.17) is 28.6 Å². The third kappa shape index (κ3) is 4.56. The van der Waals surface area contributed by atoms with Gasteiger partial charge in [0.2, 0.25) is 5.79 Å². The highest BCUT2D eigenvalue weighted by Crippen LogP contribution is 2.40. The molecule has 4 N–H and O–H groups in total.